The third-order valence-electron chi connectivity index (χ3n) is 0. The molecule has 0 bridgehead atoms. The first-order valence-electron chi connectivity index (χ1n) is 0. The molecule has 0 heterocycles. The van der Waals surface area contributed by atoms with Crippen molar-refractivity contribution >= 4 is 0 Å². The fraction of sp³-hybridized carbons (Fsp3) is 0. The first-order valence-corrected chi connectivity index (χ1v) is 0. The molecule has 0 saturated heterocycles. The number of hydrogen-bond donors (Lipinski definition) is 0. The summed E-state index contributed by atoms with van der Waals surface area (Å²) in [4.78, 5) is 0. The number of hydrogen-bond acceptors (Lipinski definition) is 0. The first-order chi connectivity index (χ1) is 0. The Morgan fingerprint density at radius 3 is 1.00 bits per heavy atom. The third kappa shape index (κ3) is 8.83. The molecule has 0 nitrogen and oxygen atoms in total. The summed E-state index contributed by atoms with van der Waals surface area (Å²) in [5.74, 6) is 0. The van der Waals surface area contributed by atoms with E-state index in [1.165, 1.54) is 0 Å². The molecule has 0 aliphatic heterocycles. The monoisotopic (exact) mass is 392 g/mol. The smallest absolute Gasteiger partial charge is 0 e. The zero-order valence-corrected chi connectivity index (χ0v) is 8.74. The van der Waals surface area contributed by atoms with Gasteiger partial charge in [-0.1, -0.05) is 0 Å². The summed E-state index contributed by atoms with van der Waals surface area (Å²) in [5, 5.41) is 0. The molecule has 0 saturated carbocycles. The van der Waals surface area contributed by atoms with Crippen molar-refractivity contribution < 1.29 is 76.0 Å². The van der Waals surface area contributed by atoms with Gasteiger partial charge in [0.05, 0.1) is 0 Å². The minimum atomic E-state index is 0. The average molecular weight is 390 g/mol. The molecule has 0 aromatic heterocycles. The second-order valence-corrected chi connectivity index (χ2v) is 0. The van der Waals surface area contributed by atoms with Crippen LogP contribution in [0.25, 0.3) is 0 Å². The molecule has 0 aromatic rings. The molecule has 4 heteroatoms. The van der Waals surface area contributed by atoms with Gasteiger partial charge < -0.3 is 0 Å². The minimum absolute atomic E-state index is 0. The molecule has 4 heavy (non-hydrogen) atoms. The van der Waals surface area contributed by atoms with E-state index in [9.17, 15) is 0 Å². The van der Waals surface area contributed by atoms with Crippen LogP contribution in [0.4, 0.5) is 0 Å². The Bertz CT molecular complexity index is 8.00. The molecule has 0 atom stereocenters. The molecule has 0 unspecified atom stereocenters. The largest absolute Gasteiger partial charge is 0 e. The van der Waals surface area contributed by atoms with Crippen LogP contribution in [0.2, 0.25) is 0 Å². The van der Waals surface area contributed by atoms with Gasteiger partial charge in [0.2, 0.25) is 0 Å². The van der Waals surface area contributed by atoms with Crippen LogP contribution in [0.5, 0.6) is 0 Å². The first kappa shape index (κ1) is 32.4. The van der Waals surface area contributed by atoms with Gasteiger partial charge >= 0.3 is 0 Å². The summed E-state index contributed by atoms with van der Waals surface area (Å²) in [7, 11) is 0. The molecule has 0 rings (SSSR count). The topological polar surface area (TPSA) is 0 Å². The third-order valence-corrected chi connectivity index (χ3v) is 0. The molecule has 0 aliphatic carbocycles. The van der Waals surface area contributed by atoms with Crippen LogP contribution < -0.4 is 0 Å². The molecule has 28 valence electrons. The van der Waals surface area contributed by atoms with E-state index in [1.807, 2.05) is 0 Å². The van der Waals surface area contributed by atoms with Crippen LogP contribution in [-0.4, -0.2) is 0 Å². The zero-order valence-electron chi connectivity index (χ0n) is 1.54. The molecule has 0 spiro atoms. The van der Waals surface area contributed by atoms with Gasteiger partial charge in [0.25, 0.3) is 0 Å². The van der Waals surface area contributed by atoms with Crippen molar-refractivity contribution in [1.29, 1.82) is 0 Å². The summed E-state index contributed by atoms with van der Waals surface area (Å²) in [6.07, 6.45) is 0. The normalized spacial score (nSPS) is 0. The molecule has 0 fully saturated rings. The second-order valence-electron chi connectivity index (χ2n) is 0. The van der Waals surface area contributed by atoms with Crippen molar-refractivity contribution in [2.45, 2.75) is 0 Å². The Morgan fingerprint density at radius 2 is 1.00 bits per heavy atom. The molecular weight excluding hydrogens is 390 g/mol. The van der Waals surface area contributed by atoms with E-state index in [2.05, 4.69) is 0 Å². The van der Waals surface area contributed by atoms with E-state index in [4.69, 9.17) is 0 Å². The van der Waals surface area contributed by atoms with E-state index in [-0.39, 0.29) is 76.0 Å². The summed E-state index contributed by atoms with van der Waals surface area (Å²) in [6, 6.07) is 0. The van der Waals surface area contributed by atoms with Crippen LogP contribution in [0.1, 0.15) is 0 Å². The second kappa shape index (κ2) is 18.1. The Morgan fingerprint density at radius 1 is 1.00 bits per heavy atom. The maximum absolute atomic E-state index is 0. The van der Waals surface area contributed by atoms with Crippen LogP contribution in [0.15, 0.2) is 0 Å². The van der Waals surface area contributed by atoms with E-state index in [1.54, 1.807) is 0 Å². The summed E-state index contributed by atoms with van der Waals surface area (Å²) in [5.41, 5.74) is 0. The van der Waals surface area contributed by atoms with Crippen molar-refractivity contribution in [3.8, 4) is 0 Å². The quantitative estimate of drug-likeness (QED) is 0.511. The van der Waals surface area contributed by atoms with Gasteiger partial charge in [-0.25, -0.2) is 0 Å². The summed E-state index contributed by atoms with van der Waals surface area (Å²) >= 11 is 0. The van der Waals surface area contributed by atoms with Crippen LogP contribution in [0, 0.1) is 0 Å². The Hall–Kier alpha value is 2.40. The molecule has 0 amide bonds. The standard InChI is InChI=1S/Cr.Mo.Ni.W. The van der Waals surface area contributed by atoms with Crippen LogP contribution in [-0.2, 0) is 76.0 Å². The van der Waals surface area contributed by atoms with Crippen LogP contribution in [0.3, 0.4) is 0 Å². The van der Waals surface area contributed by atoms with Gasteiger partial charge in [0, 0.05) is 76.0 Å². The van der Waals surface area contributed by atoms with Gasteiger partial charge in [0.1, 0.15) is 0 Å². The van der Waals surface area contributed by atoms with E-state index >= 15 is 0 Å². The molecule has 0 aromatic carbocycles. The fourth-order valence-electron chi connectivity index (χ4n) is 0. The summed E-state index contributed by atoms with van der Waals surface area (Å²) < 4.78 is 0. The van der Waals surface area contributed by atoms with Crippen molar-refractivity contribution in [3.63, 3.8) is 0 Å². The predicted molar refractivity (Wildman–Crippen MR) is 0 cm³/mol. The van der Waals surface area contributed by atoms with E-state index in [0.29, 0.717) is 0 Å². The van der Waals surface area contributed by atoms with E-state index in [0.717, 1.165) is 0 Å². The van der Waals surface area contributed by atoms with Crippen LogP contribution >= 0.6 is 0 Å². The van der Waals surface area contributed by atoms with Gasteiger partial charge in [-0.2, -0.15) is 0 Å². The van der Waals surface area contributed by atoms with Gasteiger partial charge in [-0.15, -0.1) is 0 Å². The minimum Gasteiger partial charge on any atom is 0 e. The zero-order chi connectivity index (χ0) is 0. The van der Waals surface area contributed by atoms with Gasteiger partial charge in [-0.05, 0) is 0 Å². The molecule has 0 N–H and O–H groups in total. The SMILES string of the molecule is [Cr].[Mo].[Ni].[W]. The molecular formula is CrMoNiW. The Kier molecular flexibility index (Phi) is 147. The maximum Gasteiger partial charge on any atom is 0 e. The number of rotatable bonds is 0. The average Bonchev–Trinajstić information content (AvgIpc) is 0. The van der Waals surface area contributed by atoms with Crippen molar-refractivity contribution in [3.05, 3.63) is 0 Å². The van der Waals surface area contributed by atoms with Crippen molar-refractivity contribution in [2.24, 2.45) is 0 Å². The van der Waals surface area contributed by atoms with Crippen molar-refractivity contribution in [1.82, 2.24) is 0 Å². The predicted octanol–water partition coefficient (Wildman–Crippen LogP) is -0.0100. The molecule has 0 aliphatic rings. The van der Waals surface area contributed by atoms with E-state index < -0.39 is 0 Å². The van der Waals surface area contributed by atoms with Gasteiger partial charge in [0.15, 0.2) is 0 Å². The maximum atomic E-state index is 0. The Balaban J connectivity index is 0. The molecule has 0 radical (unpaired) electrons. The fourth-order valence-corrected chi connectivity index (χ4v) is 0. The summed E-state index contributed by atoms with van der Waals surface area (Å²) in [6.45, 7) is 0. The van der Waals surface area contributed by atoms with Gasteiger partial charge in [-0.3, -0.25) is 0 Å². The van der Waals surface area contributed by atoms with Crippen molar-refractivity contribution in [2.75, 3.05) is 0 Å². The Labute approximate surface area is 75.1 Å².